The molecule has 0 fully saturated rings. The number of anilines is 1. The highest BCUT2D eigenvalue weighted by Crippen LogP contribution is 2.23. The number of rotatable bonds is 7. The number of hydrogen-bond donors (Lipinski definition) is 1. The highest BCUT2D eigenvalue weighted by atomic mass is 16.5. The first-order chi connectivity index (χ1) is 12.7. The van der Waals surface area contributed by atoms with E-state index in [-0.39, 0.29) is 5.91 Å². The van der Waals surface area contributed by atoms with Gasteiger partial charge in [-0.1, -0.05) is 36.4 Å². The van der Waals surface area contributed by atoms with Crippen LogP contribution in [-0.2, 0) is 11.2 Å². The summed E-state index contributed by atoms with van der Waals surface area (Å²) in [5, 5.41) is 4.07. The molecule has 0 aliphatic heterocycles. The van der Waals surface area contributed by atoms with E-state index in [2.05, 4.69) is 10.3 Å². The lowest BCUT2D eigenvalue weighted by atomic mass is 9.97. The number of carbonyl (C=O) groups is 1. The Morgan fingerprint density at radius 3 is 2.73 bits per heavy atom. The lowest BCUT2D eigenvalue weighted by Gasteiger charge is -2.14. The molecule has 0 bridgehead atoms. The van der Waals surface area contributed by atoms with Gasteiger partial charge < -0.3 is 10.1 Å². The van der Waals surface area contributed by atoms with Gasteiger partial charge in [-0.05, 0) is 49.4 Å². The van der Waals surface area contributed by atoms with Gasteiger partial charge in [0.2, 0.25) is 0 Å². The molecule has 0 saturated carbocycles. The second kappa shape index (κ2) is 8.59. The van der Waals surface area contributed by atoms with Gasteiger partial charge in [-0.15, -0.1) is 0 Å². The van der Waals surface area contributed by atoms with E-state index < -0.39 is 0 Å². The molecule has 0 aliphatic carbocycles. The summed E-state index contributed by atoms with van der Waals surface area (Å²) in [6.45, 7) is 2.73. The molecule has 0 atom stereocenters. The Morgan fingerprint density at radius 2 is 1.88 bits per heavy atom. The summed E-state index contributed by atoms with van der Waals surface area (Å²) in [6, 6.07) is 15.7. The molecule has 26 heavy (non-hydrogen) atoms. The topological polar surface area (TPSA) is 51.2 Å². The predicted molar refractivity (Wildman–Crippen MR) is 106 cm³/mol. The number of nitrogens with one attached hydrogen (secondary N) is 1. The molecule has 3 aromatic rings. The van der Waals surface area contributed by atoms with Crippen LogP contribution in [0.2, 0.25) is 0 Å². The minimum Gasteiger partial charge on any atom is -0.385 e. The molecule has 1 amide bonds. The summed E-state index contributed by atoms with van der Waals surface area (Å²) in [5.41, 5.74) is 4.37. The summed E-state index contributed by atoms with van der Waals surface area (Å²) < 4.78 is 5.11. The summed E-state index contributed by atoms with van der Waals surface area (Å²) in [5.74, 6) is -0.0806. The normalized spacial score (nSPS) is 10.8. The van der Waals surface area contributed by atoms with Crippen molar-refractivity contribution in [2.45, 2.75) is 26.2 Å². The number of carbonyl (C=O) groups excluding carboxylic acids is 1. The van der Waals surface area contributed by atoms with Crippen molar-refractivity contribution in [1.29, 1.82) is 0 Å². The van der Waals surface area contributed by atoms with Gasteiger partial charge in [0.05, 0.1) is 11.2 Å². The van der Waals surface area contributed by atoms with Crippen LogP contribution in [0.3, 0.4) is 0 Å². The van der Waals surface area contributed by atoms with E-state index >= 15 is 0 Å². The zero-order valence-corrected chi connectivity index (χ0v) is 15.3. The van der Waals surface area contributed by atoms with Crippen molar-refractivity contribution in [2.75, 3.05) is 19.0 Å². The molecule has 1 N–H and O–H groups in total. The van der Waals surface area contributed by atoms with Crippen molar-refractivity contribution in [2.24, 2.45) is 0 Å². The van der Waals surface area contributed by atoms with E-state index in [4.69, 9.17) is 4.74 Å². The van der Waals surface area contributed by atoms with Gasteiger partial charge in [0.25, 0.3) is 5.91 Å². The summed E-state index contributed by atoms with van der Waals surface area (Å²) in [4.78, 5) is 17.4. The molecule has 0 spiro atoms. The molecule has 134 valence electrons. The van der Waals surface area contributed by atoms with E-state index in [9.17, 15) is 4.79 Å². The average molecular weight is 348 g/mol. The van der Waals surface area contributed by atoms with Crippen LogP contribution in [-0.4, -0.2) is 24.6 Å². The maximum atomic E-state index is 13.0. The number of hydrogen-bond acceptors (Lipinski definition) is 3. The van der Waals surface area contributed by atoms with Crippen molar-refractivity contribution in [3.05, 3.63) is 71.4 Å². The highest BCUT2D eigenvalue weighted by molar-refractivity contribution is 6.09. The van der Waals surface area contributed by atoms with Crippen LogP contribution >= 0.6 is 0 Å². The van der Waals surface area contributed by atoms with Crippen LogP contribution < -0.4 is 5.32 Å². The van der Waals surface area contributed by atoms with Crippen molar-refractivity contribution in [3.63, 3.8) is 0 Å². The van der Waals surface area contributed by atoms with Crippen molar-refractivity contribution in [3.8, 4) is 0 Å². The van der Waals surface area contributed by atoms with Gasteiger partial charge in [-0.25, -0.2) is 0 Å². The summed E-state index contributed by atoms with van der Waals surface area (Å²) >= 11 is 0. The molecule has 2 aromatic carbocycles. The fraction of sp³-hybridized carbons (Fsp3) is 0.273. The second-order valence-electron chi connectivity index (χ2n) is 6.39. The molecular formula is C22H24N2O2. The van der Waals surface area contributed by atoms with Crippen molar-refractivity contribution in [1.82, 2.24) is 4.98 Å². The first-order valence-corrected chi connectivity index (χ1v) is 8.93. The Kier molecular flexibility index (Phi) is 5.97. The van der Waals surface area contributed by atoms with E-state index in [1.807, 2.05) is 55.5 Å². The number of aryl methyl sites for hydroxylation is 2. The highest BCUT2D eigenvalue weighted by Gasteiger charge is 2.15. The van der Waals surface area contributed by atoms with Gasteiger partial charge in [-0.2, -0.15) is 0 Å². The van der Waals surface area contributed by atoms with E-state index in [0.717, 1.165) is 59.2 Å². The smallest absolute Gasteiger partial charge is 0.256 e. The number of nitrogens with zero attached hydrogens (tertiary/aromatic N) is 1. The number of methoxy groups -OCH3 is 1. The number of unbranched alkanes of at least 4 members (excludes halogenated alkanes) is 1. The lowest BCUT2D eigenvalue weighted by Crippen LogP contribution is -2.16. The monoisotopic (exact) mass is 348 g/mol. The number of amides is 1. The number of aromatic nitrogens is 1. The van der Waals surface area contributed by atoms with Gasteiger partial charge in [-0.3, -0.25) is 9.78 Å². The molecule has 0 aliphatic rings. The largest absolute Gasteiger partial charge is 0.385 e. The van der Waals surface area contributed by atoms with Gasteiger partial charge >= 0.3 is 0 Å². The zero-order chi connectivity index (χ0) is 18.4. The van der Waals surface area contributed by atoms with Gasteiger partial charge in [0.15, 0.2) is 0 Å². The Morgan fingerprint density at radius 1 is 1.08 bits per heavy atom. The third-order valence-electron chi connectivity index (χ3n) is 4.51. The Labute approximate surface area is 154 Å². The number of benzene rings is 2. The molecule has 4 heteroatoms. The molecule has 0 radical (unpaired) electrons. The molecule has 0 saturated heterocycles. The Balaban J connectivity index is 1.85. The quantitative estimate of drug-likeness (QED) is 0.626. The van der Waals surface area contributed by atoms with Gasteiger partial charge in [0.1, 0.15) is 0 Å². The minimum atomic E-state index is -0.0806. The van der Waals surface area contributed by atoms with Crippen molar-refractivity contribution >= 4 is 22.5 Å². The number of para-hydroxylation sites is 1. The van der Waals surface area contributed by atoms with E-state index in [1.165, 1.54) is 0 Å². The van der Waals surface area contributed by atoms with Gasteiger partial charge in [0, 0.05) is 30.9 Å². The molecule has 0 unspecified atom stereocenters. The number of pyridine rings is 1. The van der Waals surface area contributed by atoms with Crippen LogP contribution in [0, 0.1) is 6.92 Å². The molecule has 1 heterocycles. The molecular weight excluding hydrogens is 324 g/mol. The van der Waals surface area contributed by atoms with E-state index in [1.54, 1.807) is 13.3 Å². The zero-order valence-electron chi connectivity index (χ0n) is 15.3. The first-order valence-electron chi connectivity index (χ1n) is 8.93. The van der Waals surface area contributed by atoms with Crippen LogP contribution in [0.5, 0.6) is 0 Å². The van der Waals surface area contributed by atoms with Crippen molar-refractivity contribution < 1.29 is 9.53 Å². The third-order valence-corrected chi connectivity index (χ3v) is 4.51. The lowest BCUT2D eigenvalue weighted by molar-refractivity contribution is 0.102. The fourth-order valence-corrected chi connectivity index (χ4v) is 3.21. The van der Waals surface area contributed by atoms with Crippen LogP contribution in [0.25, 0.3) is 10.9 Å². The standard InChI is InChI=1S/C22H24N2O2/c1-16-8-5-10-17(9-3-4-15-26-2)20(16)22(25)24-19-13-6-11-18-12-7-14-23-21(18)19/h5-8,10-14H,3-4,9,15H2,1-2H3,(H,24,25). The maximum Gasteiger partial charge on any atom is 0.256 e. The van der Waals surface area contributed by atoms with Crippen LogP contribution in [0.4, 0.5) is 5.69 Å². The number of fused-ring (bicyclic) bond motifs is 1. The average Bonchev–Trinajstić information content (AvgIpc) is 2.65. The SMILES string of the molecule is COCCCCc1cccc(C)c1C(=O)Nc1cccc2cccnc12. The minimum absolute atomic E-state index is 0.0806. The Bertz CT molecular complexity index is 900. The number of ether oxygens (including phenoxy) is 1. The summed E-state index contributed by atoms with van der Waals surface area (Å²) in [7, 11) is 1.71. The molecule has 3 rings (SSSR count). The molecule has 1 aromatic heterocycles. The van der Waals surface area contributed by atoms with Crippen LogP contribution in [0.15, 0.2) is 54.7 Å². The second-order valence-corrected chi connectivity index (χ2v) is 6.39. The van der Waals surface area contributed by atoms with E-state index in [0.29, 0.717) is 0 Å². The van der Waals surface area contributed by atoms with Crippen LogP contribution in [0.1, 0.15) is 34.3 Å². The first kappa shape index (κ1) is 18.1. The Hall–Kier alpha value is -2.72. The predicted octanol–water partition coefficient (Wildman–Crippen LogP) is 4.76. The third kappa shape index (κ3) is 4.09. The maximum absolute atomic E-state index is 13.0. The summed E-state index contributed by atoms with van der Waals surface area (Å²) in [6.07, 6.45) is 4.58. The molecule has 4 nitrogen and oxygen atoms in total. The fourth-order valence-electron chi connectivity index (χ4n) is 3.21.